The molecule has 41 heavy (non-hydrogen) atoms. The maximum atomic E-state index is 15.1. The molecule has 4 heterocycles. The van der Waals surface area contributed by atoms with E-state index in [1.807, 2.05) is 11.8 Å². The molecule has 3 aliphatic rings. The lowest BCUT2D eigenvalue weighted by atomic mass is 9.96. The zero-order chi connectivity index (χ0) is 29.0. The van der Waals surface area contributed by atoms with Crippen LogP contribution >= 0.6 is 11.6 Å². The number of hydrogen-bond acceptors (Lipinski definition) is 6. The first-order valence-electron chi connectivity index (χ1n) is 13.6. The molecule has 6 rings (SSSR count). The number of rotatable bonds is 5. The topological polar surface area (TPSA) is 81.8 Å². The molecule has 2 aromatic carbocycles. The maximum Gasteiger partial charge on any atom is 0.271 e. The van der Waals surface area contributed by atoms with Gasteiger partial charge in [0.15, 0.2) is 5.75 Å². The van der Waals surface area contributed by atoms with Crippen LogP contribution in [0.2, 0.25) is 5.02 Å². The fourth-order valence-electron chi connectivity index (χ4n) is 6.20. The number of carbonyl (C=O) groups is 1. The fourth-order valence-corrected chi connectivity index (χ4v) is 6.49. The van der Waals surface area contributed by atoms with Crippen LogP contribution in [0.1, 0.15) is 24.9 Å². The van der Waals surface area contributed by atoms with E-state index in [9.17, 15) is 19.2 Å². The summed E-state index contributed by atoms with van der Waals surface area (Å²) in [6.07, 6.45) is 2.34. The predicted molar refractivity (Wildman–Crippen MR) is 152 cm³/mol. The van der Waals surface area contributed by atoms with Crippen LogP contribution in [-0.2, 0) is 4.79 Å². The Labute approximate surface area is 240 Å². The lowest BCUT2D eigenvalue weighted by molar-refractivity contribution is -0.126. The third kappa shape index (κ3) is 4.44. The molecule has 3 aromatic rings. The first-order valence-corrected chi connectivity index (χ1v) is 13.9. The molecule has 3 aliphatic heterocycles. The maximum absolute atomic E-state index is 15.1. The summed E-state index contributed by atoms with van der Waals surface area (Å²) in [4.78, 5) is 32.3. The van der Waals surface area contributed by atoms with Gasteiger partial charge in [-0.2, -0.15) is 5.26 Å². The fraction of sp³-hybridized carbons (Fsp3) is 0.367. The molecule has 2 fully saturated rings. The SMILES string of the molecule is C=CC(=O)N1CCN(c2c(C#N)c(=O)n3c4c(c(-c5ccc(F)cc5F)c(Cl)cc24)OCC3CN2CCC2)[C@@H](C)C1. The molecule has 0 saturated carbocycles. The number of aromatic nitrogens is 1. The summed E-state index contributed by atoms with van der Waals surface area (Å²) in [5, 5.41) is 11.0. The first kappa shape index (κ1) is 27.2. The van der Waals surface area contributed by atoms with E-state index >= 15 is 4.39 Å². The molecular weight excluding hydrogens is 552 g/mol. The minimum atomic E-state index is -0.812. The van der Waals surface area contributed by atoms with Gasteiger partial charge in [-0.25, -0.2) is 8.78 Å². The molecule has 0 N–H and O–H groups in total. The number of pyridine rings is 1. The van der Waals surface area contributed by atoms with Crippen molar-refractivity contribution in [2.45, 2.75) is 25.4 Å². The van der Waals surface area contributed by atoms with Gasteiger partial charge in [0.05, 0.1) is 22.3 Å². The average Bonchev–Trinajstić information content (AvgIpc) is 2.93. The highest BCUT2D eigenvalue weighted by Gasteiger charge is 2.36. The number of likely N-dealkylation sites (tertiary alicyclic amines) is 1. The summed E-state index contributed by atoms with van der Waals surface area (Å²) in [6.45, 7) is 9.09. The molecular formula is C30H28ClF2N5O3. The third-order valence-electron chi connectivity index (χ3n) is 8.29. The highest BCUT2D eigenvalue weighted by Crippen LogP contribution is 2.48. The van der Waals surface area contributed by atoms with Gasteiger partial charge in [0, 0.05) is 54.8 Å². The van der Waals surface area contributed by atoms with Gasteiger partial charge in [0.1, 0.15) is 29.9 Å². The molecule has 1 aromatic heterocycles. The van der Waals surface area contributed by atoms with Crippen molar-refractivity contribution in [2.75, 3.05) is 50.8 Å². The minimum absolute atomic E-state index is 0.0221. The summed E-state index contributed by atoms with van der Waals surface area (Å²) in [6, 6.07) is 6.38. The van der Waals surface area contributed by atoms with Crippen LogP contribution in [0, 0.1) is 23.0 Å². The summed E-state index contributed by atoms with van der Waals surface area (Å²) >= 11 is 6.83. The Morgan fingerprint density at radius 3 is 2.66 bits per heavy atom. The van der Waals surface area contributed by atoms with Crippen LogP contribution < -0.4 is 15.2 Å². The molecule has 212 valence electrons. The molecule has 2 saturated heterocycles. The Kier molecular flexibility index (Phi) is 6.96. The van der Waals surface area contributed by atoms with Gasteiger partial charge in [-0.3, -0.25) is 14.2 Å². The van der Waals surface area contributed by atoms with Crippen LogP contribution in [0.4, 0.5) is 14.5 Å². The van der Waals surface area contributed by atoms with Crippen molar-refractivity contribution >= 4 is 34.1 Å². The van der Waals surface area contributed by atoms with Crippen LogP contribution in [0.25, 0.3) is 22.0 Å². The number of halogens is 3. The number of ether oxygens (including phenoxy) is 1. The Hall–Kier alpha value is -3.94. The number of nitrogens with zero attached hydrogens (tertiary/aromatic N) is 5. The van der Waals surface area contributed by atoms with E-state index in [2.05, 4.69) is 17.5 Å². The highest BCUT2D eigenvalue weighted by molar-refractivity contribution is 6.35. The second-order valence-corrected chi connectivity index (χ2v) is 11.2. The van der Waals surface area contributed by atoms with E-state index < -0.39 is 17.2 Å². The molecule has 0 bridgehead atoms. The quantitative estimate of drug-likeness (QED) is 0.419. The Morgan fingerprint density at radius 1 is 1.24 bits per heavy atom. The van der Waals surface area contributed by atoms with E-state index in [1.165, 1.54) is 12.1 Å². The first-order chi connectivity index (χ1) is 19.7. The van der Waals surface area contributed by atoms with Gasteiger partial charge in [0.2, 0.25) is 5.91 Å². The van der Waals surface area contributed by atoms with Crippen molar-refractivity contribution in [2.24, 2.45) is 0 Å². The van der Waals surface area contributed by atoms with Crippen molar-refractivity contribution in [3.05, 3.63) is 69.5 Å². The second kappa shape index (κ2) is 10.5. The summed E-state index contributed by atoms with van der Waals surface area (Å²) in [5.74, 6) is -1.51. The summed E-state index contributed by atoms with van der Waals surface area (Å²) in [7, 11) is 0. The average molecular weight is 580 g/mol. The third-order valence-corrected chi connectivity index (χ3v) is 8.59. The van der Waals surface area contributed by atoms with Crippen LogP contribution in [0.3, 0.4) is 0 Å². The second-order valence-electron chi connectivity index (χ2n) is 10.7. The molecule has 0 radical (unpaired) electrons. The zero-order valence-corrected chi connectivity index (χ0v) is 23.3. The Bertz CT molecular complexity index is 1700. The van der Waals surface area contributed by atoms with Crippen molar-refractivity contribution < 1.29 is 18.3 Å². The smallest absolute Gasteiger partial charge is 0.271 e. The predicted octanol–water partition coefficient (Wildman–Crippen LogP) is 4.33. The number of piperazine rings is 1. The lowest BCUT2D eigenvalue weighted by Gasteiger charge is -2.42. The van der Waals surface area contributed by atoms with Crippen LogP contribution in [-0.4, -0.2) is 72.2 Å². The molecule has 2 atom stereocenters. The minimum Gasteiger partial charge on any atom is -0.488 e. The van der Waals surface area contributed by atoms with Crippen molar-refractivity contribution in [1.82, 2.24) is 14.4 Å². The van der Waals surface area contributed by atoms with Crippen LogP contribution in [0.5, 0.6) is 5.75 Å². The Balaban J connectivity index is 1.62. The monoisotopic (exact) mass is 579 g/mol. The van der Waals surface area contributed by atoms with Gasteiger partial charge in [-0.1, -0.05) is 18.2 Å². The molecule has 0 spiro atoms. The van der Waals surface area contributed by atoms with Gasteiger partial charge in [0.25, 0.3) is 5.56 Å². The summed E-state index contributed by atoms with van der Waals surface area (Å²) < 4.78 is 36.8. The lowest BCUT2D eigenvalue weighted by Crippen LogP contribution is -2.54. The normalized spacial score (nSPS) is 20.4. The van der Waals surface area contributed by atoms with Crippen molar-refractivity contribution in [3.63, 3.8) is 0 Å². The molecule has 0 aliphatic carbocycles. The van der Waals surface area contributed by atoms with Gasteiger partial charge < -0.3 is 19.4 Å². The van der Waals surface area contributed by atoms with E-state index in [1.54, 1.807) is 15.5 Å². The molecule has 1 unspecified atom stereocenters. The number of nitriles is 1. The van der Waals surface area contributed by atoms with Crippen molar-refractivity contribution in [1.29, 1.82) is 5.26 Å². The van der Waals surface area contributed by atoms with E-state index in [4.69, 9.17) is 16.3 Å². The molecule has 11 heteroatoms. The van der Waals surface area contributed by atoms with E-state index in [0.717, 1.165) is 31.6 Å². The van der Waals surface area contributed by atoms with Crippen molar-refractivity contribution in [3.8, 4) is 22.9 Å². The number of anilines is 1. The zero-order valence-electron chi connectivity index (χ0n) is 22.5. The number of hydrogen-bond donors (Lipinski definition) is 0. The van der Waals surface area contributed by atoms with Crippen LogP contribution in [0.15, 0.2) is 41.7 Å². The standard InChI is InChI=1S/C30H28ClF2N5O3/c1-3-25(39)36-9-10-37(17(2)14-36)27-21-12-23(31)26(20-6-5-18(32)11-24(20)33)29-28(21)38(30(40)22(27)13-34)19(16-41-29)15-35-7-4-8-35/h3,5-6,11-12,17,19H,1,4,7-10,14-16H2,2H3/t17-,19?/m0/s1. The molecule has 8 nitrogen and oxygen atoms in total. The van der Waals surface area contributed by atoms with Gasteiger partial charge in [-0.15, -0.1) is 0 Å². The number of carbonyl (C=O) groups excluding carboxylic acids is 1. The largest absolute Gasteiger partial charge is 0.488 e. The molecule has 1 amide bonds. The van der Waals surface area contributed by atoms with E-state index in [-0.39, 0.29) is 52.1 Å². The number of benzene rings is 2. The van der Waals surface area contributed by atoms with Gasteiger partial charge in [-0.05, 0) is 50.7 Å². The van der Waals surface area contributed by atoms with Gasteiger partial charge >= 0.3 is 0 Å². The summed E-state index contributed by atoms with van der Waals surface area (Å²) in [5.41, 5.74) is 0.604. The Morgan fingerprint density at radius 2 is 2.02 bits per heavy atom. The number of amides is 1. The highest BCUT2D eigenvalue weighted by atomic mass is 35.5. The van der Waals surface area contributed by atoms with E-state index in [0.29, 0.717) is 42.8 Å².